The molecule has 3 aromatic rings. The summed E-state index contributed by atoms with van der Waals surface area (Å²) in [5.74, 6) is -0.565. The molecule has 0 unspecified atom stereocenters. The van der Waals surface area contributed by atoms with E-state index < -0.39 is 22.7 Å². The molecule has 0 spiro atoms. The van der Waals surface area contributed by atoms with E-state index in [1.807, 2.05) is 0 Å². The molecule has 0 saturated heterocycles. The van der Waals surface area contributed by atoms with Crippen molar-refractivity contribution in [2.75, 3.05) is 5.32 Å². The Morgan fingerprint density at radius 3 is 2.64 bits per heavy atom. The van der Waals surface area contributed by atoms with Crippen molar-refractivity contribution in [1.82, 2.24) is 9.78 Å². The molecular weight excluding hydrogens is 395 g/mol. The van der Waals surface area contributed by atoms with Gasteiger partial charge in [0, 0.05) is 18.1 Å². The minimum Gasteiger partial charge on any atom is -0.326 e. The van der Waals surface area contributed by atoms with E-state index in [4.69, 9.17) is 11.6 Å². The van der Waals surface area contributed by atoms with Gasteiger partial charge in [0.15, 0.2) is 0 Å². The maximum Gasteiger partial charge on any atom is 0.417 e. The molecule has 0 radical (unpaired) electrons. The Balaban J connectivity index is 1.92. The number of fused-ring (bicyclic) bond motifs is 1. The fourth-order valence-electron chi connectivity index (χ4n) is 2.94. The number of nitrogens with one attached hydrogen (secondary N) is 1. The number of hydrogen-bond acceptors (Lipinski definition) is 3. The lowest BCUT2D eigenvalue weighted by atomic mass is 10.0. The summed E-state index contributed by atoms with van der Waals surface area (Å²) in [5, 5.41) is 7.09. The highest BCUT2D eigenvalue weighted by molar-refractivity contribution is 6.31. The Morgan fingerprint density at radius 1 is 1.25 bits per heavy atom. The molecule has 0 atom stereocenters. The van der Waals surface area contributed by atoms with Gasteiger partial charge in [0.1, 0.15) is 0 Å². The zero-order valence-electron chi connectivity index (χ0n) is 14.9. The molecule has 0 aliphatic rings. The van der Waals surface area contributed by atoms with Crippen LogP contribution in [0.2, 0.25) is 5.02 Å². The number of aromatic nitrogens is 2. The Labute approximate surface area is 162 Å². The molecule has 9 heteroatoms. The van der Waals surface area contributed by atoms with E-state index in [1.54, 1.807) is 25.1 Å². The third kappa shape index (κ3) is 3.87. The van der Waals surface area contributed by atoms with Gasteiger partial charge in [-0.25, -0.2) is 4.68 Å². The zero-order chi connectivity index (χ0) is 20.6. The first-order valence-corrected chi connectivity index (χ1v) is 8.58. The molecule has 2 aromatic carbocycles. The highest BCUT2D eigenvalue weighted by atomic mass is 35.5. The molecule has 0 aliphatic heterocycles. The number of halogens is 4. The van der Waals surface area contributed by atoms with Crippen molar-refractivity contribution < 1.29 is 18.0 Å². The van der Waals surface area contributed by atoms with E-state index >= 15 is 0 Å². The largest absolute Gasteiger partial charge is 0.417 e. The number of benzene rings is 2. The lowest BCUT2D eigenvalue weighted by Crippen LogP contribution is -2.24. The predicted molar refractivity (Wildman–Crippen MR) is 101 cm³/mol. The van der Waals surface area contributed by atoms with E-state index in [9.17, 15) is 22.8 Å². The monoisotopic (exact) mass is 409 g/mol. The highest BCUT2D eigenvalue weighted by Gasteiger charge is 2.33. The number of carbonyl (C=O) groups excluding carboxylic acids is 1. The molecule has 1 aromatic heterocycles. The second-order valence-electron chi connectivity index (χ2n) is 6.29. The normalized spacial score (nSPS) is 11.6. The van der Waals surface area contributed by atoms with Gasteiger partial charge in [-0.05, 0) is 30.7 Å². The van der Waals surface area contributed by atoms with Crippen LogP contribution in [0.4, 0.5) is 18.9 Å². The van der Waals surface area contributed by atoms with E-state index in [0.29, 0.717) is 16.5 Å². The number of anilines is 1. The smallest absolute Gasteiger partial charge is 0.326 e. The molecular formula is C19H15ClF3N3O2. The van der Waals surface area contributed by atoms with Crippen molar-refractivity contribution in [3.8, 4) is 0 Å². The third-order valence-electron chi connectivity index (χ3n) is 4.25. The van der Waals surface area contributed by atoms with Gasteiger partial charge in [-0.15, -0.1) is 0 Å². The molecule has 1 amide bonds. The van der Waals surface area contributed by atoms with Crippen LogP contribution in [-0.2, 0) is 24.4 Å². The van der Waals surface area contributed by atoms with Gasteiger partial charge in [-0.1, -0.05) is 29.8 Å². The van der Waals surface area contributed by atoms with Gasteiger partial charge in [0.2, 0.25) is 5.91 Å². The van der Waals surface area contributed by atoms with Crippen molar-refractivity contribution in [3.63, 3.8) is 0 Å². The molecule has 146 valence electrons. The van der Waals surface area contributed by atoms with Crippen LogP contribution < -0.4 is 10.9 Å². The number of hydrogen-bond donors (Lipinski definition) is 1. The van der Waals surface area contributed by atoms with Crippen LogP contribution in [0.25, 0.3) is 10.8 Å². The Hall–Kier alpha value is -2.87. The lowest BCUT2D eigenvalue weighted by Gasteiger charge is -2.13. The second kappa shape index (κ2) is 7.27. The maximum absolute atomic E-state index is 13.0. The molecule has 0 bridgehead atoms. The van der Waals surface area contributed by atoms with Crippen LogP contribution in [0, 0.1) is 6.92 Å². The maximum atomic E-state index is 13.0. The van der Waals surface area contributed by atoms with Crippen LogP contribution >= 0.6 is 11.6 Å². The highest BCUT2D eigenvalue weighted by Crippen LogP contribution is 2.36. The summed E-state index contributed by atoms with van der Waals surface area (Å²) in [6.07, 6.45) is -4.84. The van der Waals surface area contributed by atoms with Crippen LogP contribution in [0.15, 0.2) is 41.2 Å². The Kier molecular flexibility index (Phi) is 5.16. The standard InChI is InChI=1S/C19H15ClF3N3O2/c1-10-4-3-5-12-15(25-26(2)18(28)17(10)12)9-16(27)24-11-6-7-14(20)13(8-11)19(21,22)23/h3-8H,9H2,1-2H3,(H,24,27). The van der Waals surface area contributed by atoms with Crippen LogP contribution in [0.5, 0.6) is 0 Å². The number of carbonyl (C=O) groups is 1. The van der Waals surface area contributed by atoms with Crippen LogP contribution in [-0.4, -0.2) is 15.7 Å². The van der Waals surface area contributed by atoms with Crippen molar-refractivity contribution >= 4 is 34.0 Å². The molecule has 3 rings (SSSR count). The molecule has 28 heavy (non-hydrogen) atoms. The summed E-state index contributed by atoms with van der Waals surface area (Å²) in [4.78, 5) is 24.7. The average molecular weight is 410 g/mol. The van der Waals surface area contributed by atoms with Gasteiger partial charge in [-0.3, -0.25) is 9.59 Å². The van der Waals surface area contributed by atoms with Gasteiger partial charge >= 0.3 is 6.18 Å². The third-order valence-corrected chi connectivity index (χ3v) is 4.58. The van der Waals surface area contributed by atoms with E-state index in [1.165, 1.54) is 13.1 Å². The molecule has 1 N–H and O–H groups in total. The molecule has 0 fully saturated rings. The van der Waals surface area contributed by atoms with Crippen LogP contribution in [0.1, 0.15) is 16.8 Å². The van der Waals surface area contributed by atoms with Gasteiger partial charge in [-0.2, -0.15) is 18.3 Å². The predicted octanol–water partition coefficient (Wildman–Crippen LogP) is 4.10. The number of amides is 1. The first kappa shape index (κ1) is 19.9. The topological polar surface area (TPSA) is 64.0 Å². The van der Waals surface area contributed by atoms with Crippen molar-refractivity contribution in [3.05, 3.63) is 68.6 Å². The van der Waals surface area contributed by atoms with E-state index in [0.717, 1.165) is 22.4 Å². The Bertz CT molecular complexity index is 1140. The average Bonchev–Trinajstić information content (AvgIpc) is 2.60. The summed E-state index contributed by atoms with van der Waals surface area (Å²) in [6, 6.07) is 8.34. The molecule has 1 heterocycles. The van der Waals surface area contributed by atoms with Gasteiger partial charge in [0.25, 0.3) is 5.56 Å². The number of aryl methyl sites for hydroxylation is 2. The van der Waals surface area contributed by atoms with Gasteiger partial charge in [0.05, 0.1) is 28.1 Å². The minimum atomic E-state index is -4.63. The van der Waals surface area contributed by atoms with E-state index in [-0.39, 0.29) is 17.7 Å². The summed E-state index contributed by atoms with van der Waals surface area (Å²) in [7, 11) is 1.48. The number of nitrogens with zero attached hydrogens (tertiary/aromatic N) is 2. The molecule has 0 saturated carbocycles. The minimum absolute atomic E-state index is 0.0352. The summed E-state index contributed by atoms with van der Waals surface area (Å²) in [6.45, 7) is 1.78. The molecule has 5 nitrogen and oxygen atoms in total. The summed E-state index contributed by atoms with van der Waals surface area (Å²) in [5.41, 5.74) is -0.261. The Morgan fingerprint density at radius 2 is 1.96 bits per heavy atom. The quantitative estimate of drug-likeness (QED) is 0.708. The lowest BCUT2D eigenvalue weighted by molar-refractivity contribution is -0.137. The number of rotatable bonds is 3. The summed E-state index contributed by atoms with van der Waals surface area (Å²) >= 11 is 5.58. The van der Waals surface area contributed by atoms with E-state index in [2.05, 4.69) is 10.4 Å². The first-order chi connectivity index (χ1) is 13.1. The second-order valence-corrected chi connectivity index (χ2v) is 6.70. The fourth-order valence-corrected chi connectivity index (χ4v) is 3.17. The fraction of sp³-hybridized carbons (Fsp3) is 0.211. The first-order valence-electron chi connectivity index (χ1n) is 8.20. The van der Waals surface area contributed by atoms with Crippen LogP contribution in [0.3, 0.4) is 0 Å². The SMILES string of the molecule is Cc1cccc2c(CC(=O)Nc3ccc(Cl)c(C(F)(F)F)c3)nn(C)c(=O)c12. The van der Waals surface area contributed by atoms with Gasteiger partial charge < -0.3 is 5.32 Å². The van der Waals surface area contributed by atoms with Crippen molar-refractivity contribution in [2.24, 2.45) is 7.05 Å². The molecule has 0 aliphatic carbocycles. The van der Waals surface area contributed by atoms with Crippen molar-refractivity contribution in [1.29, 1.82) is 0 Å². The zero-order valence-corrected chi connectivity index (χ0v) is 15.6. The van der Waals surface area contributed by atoms with Crippen molar-refractivity contribution in [2.45, 2.75) is 19.5 Å². The summed E-state index contributed by atoms with van der Waals surface area (Å²) < 4.78 is 40.0. The number of alkyl halides is 3.